The number of esters is 1. The average molecular weight is 466 g/mol. The van der Waals surface area contributed by atoms with E-state index >= 15 is 0 Å². The summed E-state index contributed by atoms with van der Waals surface area (Å²) >= 11 is 3.52. The highest BCUT2D eigenvalue weighted by Gasteiger charge is 2.43. The van der Waals surface area contributed by atoms with Crippen molar-refractivity contribution in [1.29, 1.82) is 0 Å². The number of carbonyl (C=O) groups is 2. The molecule has 2 aromatic carbocycles. The van der Waals surface area contributed by atoms with E-state index in [0.29, 0.717) is 25.0 Å². The van der Waals surface area contributed by atoms with Crippen LogP contribution in [0.3, 0.4) is 0 Å². The lowest BCUT2D eigenvalue weighted by Crippen LogP contribution is -2.40. The Morgan fingerprint density at radius 2 is 1.93 bits per heavy atom. The first-order valence-electron chi connectivity index (χ1n) is 10.2. The summed E-state index contributed by atoms with van der Waals surface area (Å²) in [5.74, 6) is -0.939. The number of hydrogen-bond acceptors (Lipinski definition) is 4. The van der Waals surface area contributed by atoms with Crippen molar-refractivity contribution in [3.05, 3.63) is 93.2 Å². The minimum atomic E-state index is -0.381. The summed E-state index contributed by atoms with van der Waals surface area (Å²) in [6.07, 6.45) is 3.96. The molecule has 1 aliphatic carbocycles. The summed E-state index contributed by atoms with van der Waals surface area (Å²) in [6.45, 7) is 2.18. The third-order valence-electron chi connectivity index (χ3n) is 5.71. The van der Waals surface area contributed by atoms with E-state index in [1.165, 1.54) is 0 Å². The first-order chi connectivity index (χ1) is 14.5. The van der Waals surface area contributed by atoms with Crippen LogP contribution in [-0.4, -0.2) is 18.4 Å². The third-order valence-corrected chi connectivity index (χ3v) is 6.20. The molecule has 0 spiro atoms. The quantitative estimate of drug-likeness (QED) is 0.626. The monoisotopic (exact) mass is 465 g/mol. The Bertz CT molecular complexity index is 1030. The highest BCUT2D eigenvalue weighted by molar-refractivity contribution is 9.10. The maximum Gasteiger partial charge on any atom is 0.336 e. The number of fused-ring (bicyclic) bond motifs is 1. The maximum atomic E-state index is 13.2. The Balaban J connectivity index is 1.64. The van der Waals surface area contributed by atoms with Crippen molar-refractivity contribution >= 4 is 27.7 Å². The Kier molecular flexibility index (Phi) is 6.18. The Morgan fingerprint density at radius 3 is 2.70 bits per heavy atom. The minimum Gasteiger partial charge on any atom is -0.462 e. The van der Waals surface area contributed by atoms with Gasteiger partial charge in [0, 0.05) is 34.6 Å². The smallest absolute Gasteiger partial charge is 0.336 e. The second-order valence-corrected chi connectivity index (χ2v) is 8.63. The van der Waals surface area contributed by atoms with Gasteiger partial charge in [0.1, 0.15) is 5.78 Å². The van der Waals surface area contributed by atoms with Gasteiger partial charge >= 0.3 is 5.97 Å². The maximum absolute atomic E-state index is 13.2. The topological polar surface area (TPSA) is 55.4 Å². The number of allylic oxidation sites excluding steroid dienone is 3. The highest BCUT2D eigenvalue weighted by Crippen LogP contribution is 2.44. The fourth-order valence-electron chi connectivity index (χ4n) is 4.33. The van der Waals surface area contributed by atoms with Gasteiger partial charge in [0.25, 0.3) is 0 Å². The lowest BCUT2D eigenvalue weighted by molar-refractivity contribution is -0.139. The zero-order valence-electron chi connectivity index (χ0n) is 16.9. The van der Waals surface area contributed by atoms with Gasteiger partial charge in [-0.3, -0.25) is 4.79 Å². The van der Waals surface area contributed by atoms with Crippen LogP contribution in [0.5, 0.6) is 0 Å². The molecular weight excluding hydrogens is 442 g/mol. The Labute approximate surface area is 185 Å². The van der Waals surface area contributed by atoms with Crippen LogP contribution < -0.4 is 5.32 Å². The van der Waals surface area contributed by atoms with Crippen molar-refractivity contribution < 1.29 is 14.3 Å². The number of nitrogens with one attached hydrogen (secondary N) is 1. The number of rotatable bonds is 5. The van der Waals surface area contributed by atoms with Gasteiger partial charge in [-0.05, 0) is 36.6 Å². The zero-order valence-corrected chi connectivity index (χ0v) is 18.4. The zero-order chi connectivity index (χ0) is 21.1. The van der Waals surface area contributed by atoms with Gasteiger partial charge in [0.2, 0.25) is 0 Å². The summed E-state index contributed by atoms with van der Waals surface area (Å²) in [5.41, 5.74) is 4.25. The summed E-state index contributed by atoms with van der Waals surface area (Å²) in [4.78, 5) is 26.1. The van der Waals surface area contributed by atoms with E-state index in [1.54, 1.807) is 0 Å². The lowest BCUT2D eigenvalue weighted by atomic mass is 9.71. The van der Waals surface area contributed by atoms with Gasteiger partial charge in [-0.25, -0.2) is 4.79 Å². The molecule has 2 atom stereocenters. The molecule has 4 rings (SSSR count). The van der Waals surface area contributed by atoms with E-state index < -0.39 is 0 Å². The van der Waals surface area contributed by atoms with Crippen molar-refractivity contribution in [2.75, 3.05) is 6.61 Å². The number of ketones is 1. The van der Waals surface area contributed by atoms with E-state index in [9.17, 15) is 9.59 Å². The van der Waals surface area contributed by atoms with Gasteiger partial charge in [-0.15, -0.1) is 0 Å². The van der Waals surface area contributed by atoms with E-state index in [4.69, 9.17) is 4.74 Å². The molecule has 1 heterocycles. The molecule has 0 fully saturated rings. The summed E-state index contributed by atoms with van der Waals surface area (Å²) in [5, 5.41) is 3.31. The average Bonchev–Trinajstić information content (AvgIpc) is 2.73. The molecule has 0 radical (unpaired) electrons. The fraction of sp³-hybridized carbons (Fsp3) is 0.280. The largest absolute Gasteiger partial charge is 0.462 e. The van der Waals surface area contributed by atoms with Crippen molar-refractivity contribution in [3.8, 4) is 0 Å². The molecule has 0 aromatic heterocycles. The molecule has 1 aliphatic heterocycles. The second kappa shape index (κ2) is 9.00. The van der Waals surface area contributed by atoms with Gasteiger partial charge in [0.15, 0.2) is 0 Å². The van der Waals surface area contributed by atoms with Crippen LogP contribution in [0.4, 0.5) is 0 Å². The number of Topliss-reactive ketones (excluding diaryl/α,β-unsaturated/α-hetero) is 1. The van der Waals surface area contributed by atoms with E-state index in [1.807, 2.05) is 61.5 Å². The minimum absolute atomic E-state index is 0.159. The van der Waals surface area contributed by atoms with E-state index in [2.05, 4.69) is 27.3 Å². The van der Waals surface area contributed by atoms with Gasteiger partial charge in [-0.2, -0.15) is 0 Å². The molecular formula is C25H24BrNO3. The molecule has 2 aromatic rings. The Morgan fingerprint density at radius 1 is 1.13 bits per heavy atom. The van der Waals surface area contributed by atoms with Gasteiger partial charge in [-0.1, -0.05) is 64.5 Å². The lowest BCUT2D eigenvalue weighted by Gasteiger charge is -2.38. The van der Waals surface area contributed by atoms with Crippen LogP contribution in [0.1, 0.15) is 36.8 Å². The van der Waals surface area contributed by atoms with Crippen LogP contribution in [0, 0.1) is 5.92 Å². The van der Waals surface area contributed by atoms with Crippen molar-refractivity contribution in [3.63, 3.8) is 0 Å². The second-order valence-electron chi connectivity index (χ2n) is 7.71. The molecule has 2 unspecified atom stereocenters. The van der Waals surface area contributed by atoms with Crippen molar-refractivity contribution in [2.45, 2.75) is 32.1 Å². The van der Waals surface area contributed by atoms with Crippen LogP contribution >= 0.6 is 15.9 Å². The molecule has 2 aliphatic rings. The van der Waals surface area contributed by atoms with Crippen molar-refractivity contribution in [2.24, 2.45) is 5.92 Å². The molecule has 4 nitrogen and oxygen atoms in total. The number of halogens is 1. The molecule has 1 N–H and O–H groups in total. The molecule has 0 bridgehead atoms. The van der Waals surface area contributed by atoms with Crippen LogP contribution in [-0.2, 0) is 20.7 Å². The van der Waals surface area contributed by atoms with Gasteiger partial charge < -0.3 is 10.1 Å². The van der Waals surface area contributed by atoms with Crippen LogP contribution in [0.25, 0.3) is 0 Å². The predicted octanol–water partition coefficient (Wildman–Crippen LogP) is 5.06. The highest BCUT2D eigenvalue weighted by atomic mass is 79.9. The molecule has 154 valence electrons. The van der Waals surface area contributed by atoms with E-state index in [0.717, 1.165) is 33.4 Å². The van der Waals surface area contributed by atoms with E-state index in [-0.39, 0.29) is 23.6 Å². The third kappa shape index (κ3) is 4.26. The summed E-state index contributed by atoms with van der Waals surface area (Å²) in [6, 6.07) is 17.8. The number of carbonyl (C=O) groups excluding carboxylic acids is 2. The molecule has 5 heteroatoms. The molecule has 30 heavy (non-hydrogen) atoms. The van der Waals surface area contributed by atoms with Gasteiger partial charge in [0.05, 0.1) is 18.1 Å². The van der Waals surface area contributed by atoms with Crippen molar-refractivity contribution in [1.82, 2.24) is 5.32 Å². The summed E-state index contributed by atoms with van der Waals surface area (Å²) in [7, 11) is 0. The standard InChI is InChI=1S/C25H24BrNO3/c1-16-22(25(29)30-14-13-17-7-3-2-4-8-17)23(18-9-5-10-19(26)15-18)24-20(27-16)11-6-12-21(24)28/h2-5,7-11,15,23-24,27H,6,12-14H2,1H3. The Hall–Kier alpha value is -2.66. The van der Waals surface area contributed by atoms with Crippen LogP contribution in [0.2, 0.25) is 0 Å². The predicted molar refractivity (Wildman–Crippen MR) is 120 cm³/mol. The molecule has 0 saturated heterocycles. The number of hydrogen-bond donors (Lipinski definition) is 1. The fourth-order valence-corrected chi connectivity index (χ4v) is 4.74. The SMILES string of the molecule is CC1=C(C(=O)OCCc2ccccc2)C(c2cccc(Br)c2)C2C(=O)CCC=C2N1. The summed E-state index contributed by atoms with van der Waals surface area (Å²) < 4.78 is 6.59. The number of ether oxygens (including phenoxy) is 1. The first kappa shape index (κ1) is 20.6. The molecule has 0 saturated carbocycles. The van der Waals surface area contributed by atoms with Crippen LogP contribution in [0.15, 0.2) is 82.1 Å². The molecule has 0 amide bonds. The number of benzene rings is 2. The normalized spacial score (nSPS) is 20.9. The first-order valence-corrected chi connectivity index (χ1v) is 11.0.